The van der Waals surface area contributed by atoms with E-state index in [4.69, 9.17) is 4.74 Å². The Labute approximate surface area is 182 Å². The van der Waals surface area contributed by atoms with Crippen molar-refractivity contribution in [3.63, 3.8) is 0 Å². The van der Waals surface area contributed by atoms with Crippen LogP contribution in [0.4, 0.5) is 5.69 Å². The Balaban J connectivity index is 1.53. The van der Waals surface area contributed by atoms with E-state index in [-0.39, 0.29) is 23.6 Å². The predicted molar refractivity (Wildman–Crippen MR) is 115 cm³/mol. The van der Waals surface area contributed by atoms with Crippen LogP contribution in [0.1, 0.15) is 43.2 Å². The molecule has 0 bridgehead atoms. The molecule has 0 amide bonds. The maximum atomic E-state index is 12.8. The van der Waals surface area contributed by atoms with Crippen molar-refractivity contribution in [3.05, 3.63) is 69.8 Å². The minimum atomic E-state index is -3.50. The van der Waals surface area contributed by atoms with Crippen LogP contribution in [0.3, 0.4) is 0 Å². The summed E-state index contributed by atoms with van der Waals surface area (Å²) in [5, 5.41) is 11.0. The fraction of sp³-hybridized carbons (Fsp3) is 0.409. The van der Waals surface area contributed by atoms with Crippen LogP contribution in [0.5, 0.6) is 0 Å². The van der Waals surface area contributed by atoms with Crippen LogP contribution in [-0.2, 0) is 32.6 Å². The van der Waals surface area contributed by atoms with Gasteiger partial charge in [-0.25, -0.2) is 8.42 Å². The second kappa shape index (κ2) is 10.5. The van der Waals surface area contributed by atoms with Gasteiger partial charge in [0.15, 0.2) is 0 Å². The molecule has 1 heterocycles. The van der Waals surface area contributed by atoms with E-state index in [1.54, 1.807) is 46.8 Å². The lowest BCUT2D eigenvalue weighted by Gasteiger charge is -2.20. The normalized spacial score (nSPS) is 15.2. The molecule has 2 aromatic rings. The number of nitro groups is 1. The van der Waals surface area contributed by atoms with E-state index in [0.29, 0.717) is 25.1 Å². The fourth-order valence-electron chi connectivity index (χ4n) is 3.55. The Morgan fingerprint density at radius 3 is 2.29 bits per heavy atom. The number of hydrogen-bond acceptors (Lipinski definition) is 6. The number of sulfonamides is 1. The Hall–Kier alpha value is -2.78. The van der Waals surface area contributed by atoms with Gasteiger partial charge in [0.25, 0.3) is 5.69 Å². The van der Waals surface area contributed by atoms with Crippen molar-refractivity contribution >= 4 is 21.7 Å². The third kappa shape index (κ3) is 6.11. The Bertz CT molecular complexity index is 1010. The fourth-order valence-corrected chi connectivity index (χ4v) is 5.06. The van der Waals surface area contributed by atoms with Crippen LogP contribution < -0.4 is 0 Å². The Morgan fingerprint density at radius 2 is 1.65 bits per heavy atom. The molecule has 0 spiro atoms. The van der Waals surface area contributed by atoms with Crippen LogP contribution >= 0.6 is 0 Å². The Morgan fingerprint density at radius 1 is 1.00 bits per heavy atom. The van der Waals surface area contributed by atoms with Gasteiger partial charge in [0, 0.05) is 25.6 Å². The molecule has 0 unspecified atom stereocenters. The number of ether oxygens (including phenoxy) is 1. The van der Waals surface area contributed by atoms with Crippen LogP contribution in [0.2, 0.25) is 0 Å². The number of carbonyl (C=O) groups excluding carboxylic acids is 1. The lowest BCUT2D eigenvalue weighted by atomic mass is 10.1. The van der Waals surface area contributed by atoms with Gasteiger partial charge in [-0.15, -0.1) is 0 Å². The summed E-state index contributed by atoms with van der Waals surface area (Å²) in [5.74, 6) is -0.473. The maximum Gasteiger partial charge on any atom is 0.306 e. The van der Waals surface area contributed by atoms with Gasteiger partial charge in [-0.3, -0.25) is 14.9 Å². The van der Waals surface area contributed by atoms with Crippen LogP contribution in [-0.4, -0.2) is 36.7 Å². The predicted octanol–water partition coefficient (Wildman–Crippen LogP) is 3.84. The molecule has 0 radical (unpaired) electrons. The maximum absolute atomic E-state index is 12.8. The first-order valence-electron chi connectivity index (χ1n) is 10.3. The topological polar surface area (TPSA) is 107 Å². The molecule has 9 heteroatoms. The number of benzene rings is 2. The van der Waals surface area contributed by atoms with Crippen LogP contribution in [0.25, 0.3) is 0 Å². The number of esters is 1. The van der Waals surface area contributed by atoms with E-state index in [1.807, 2.05) is 0 Å². The van der Waals surface area contributed by atoms with Crippen molar-refractivity contribution in [2.24, 2.45) is 0 Å². The lowest BCUT2D eigenvalue weighted by molar-refractivity contribution is -0.385. The summed E-state index contributed by atoms with van der Waals surface area (Å²) in [7, 11) is -3.50. The summed E-state index contributed by atoms with van der Waals surface area (Å²) in [6.07, 6.45) is 4.35. The SMILES string of the molecule is O=C(CCc1ccc(S(=O)(=O)N2CCCCCC2)cc1)OCc1ccccc1[N+](=O)[O-]. The van der Waals surface area contributed by atoms with E-state index in [9.17, 15) is 23.3 Å². The second-order valence-corrected chi connectivity index (χ2v) is 9.45. The highest BCUT2D eigenvalue weighted by Gasteiger charge is 2.25. The zero-order chi connectivity index (χ0) is 22.3. The van der Waals surface area contributed by atoms with Crippen LogP contribution in [0, 0.1) is 10.1 Å². The molecule has 0 saturated carbocycles. The van der Waals surface area contributed by atoms with Gasteiger partial charge in [-0.05, 0) is 43.0 Å². The van der Waals surface area contributed by atoms with Crippen molar-refractivity contribution < 1.29 is 22.9 Å². The zero-order valence-electron chi connectivity index (χ0n) is 17.2. The Kier molecular flexibility index (Phi) is 7.75. The summed E-state index contributed by atoms with van der Waals surface area (Å²) in [4.78, 5) is 22.8. The van der Waals surface area contributed by atoms with E-state index in [2.05, 4.69) is 0 Å². The van der Waals surface area contributed by atoms with Crippen molar-refractivity contribution in [2.75, 3.05) is 13.1 Å². The molecular weight excluding hydrogens is 420 g/mol. The standard InChI is InChI=1S/C22H26N2O6S/c25-22(30-17-19-7-3-4-8-21(19)24(26)27)14-11-18-9-12-20(13-10-18)31(28,29)23-15-5-1-2-6-16-23/h3-4,7-10,12-13H,1-2,5-6,11,14-17H2. The van der Waals surface area contributed by atoms with Gasteiger partial charge < -0.3 is 4.74 Å². The van der Waals surface area contributed by atoms with Gasteiger partial charge in [0.05, 0.1) is 15.4 Å². The first-order chi connectivity index (χ1) is 14.9. The molecule has 0 aromatic heterocycles. The van der Waals surface area contributed by atoms with Gasteiger partial charge in [0.1, 0.15) is 6.61 Å². The number of hydrogen-bond donors (Lipinski definition) is 0. The molecule has 0 atom stereocenters. The minimum Gasteiger partial charge on any atom is -0.461 e. The van der Waals surface area contributed by atoms with Crippen molar-refractivity contribution in [3.8, 4) is 0 Å². The van der Waals surface area contributed by atoms with E-state index in [1.165, 1.54) is 6.07 Å². The largest absolute Gasteiger partial charge is 0.461 e. The van der Waals surface area contributed by atoms with Gasteiger partial charge in [-0.2, -0.15) is 4.31 Å². The highest BCUT2D eigenvalue weighted by Crippen LogP contribution is 2.21. The van der Waals surface area contributed by atoms with E-state index >= 15 is 0 Å². The number of para-hydroxylation sites is 1. The third-order valence-electron chi connectivity index (χ3n) is 5.32. The zero-order valence-corrected chi connectivity index (χ0v) is 18.1. The van der Waals surface area contributed by atoms with Crippen molar-refractivity contribution in [2.45, 2.75) is 50.0 Å². The summed E-state index contributed by atoms with van der Waals surface area (Å²) < 4.78 is 32.3. The van der Waals surface area contributed by atoms with E-state index in [0.717, 1.165) is 31.2 Å². The van der Waals surface area contributed by atoms with Gasteiger partial charge in [0.2, 0.25) is 10.0 Å². The highest BCUT2D eigenvalue weighted by atomic mass is 32.2. The quantitative estimate of drug-likeness (QED) is 0.346. The second-order valence-electron chi connectivity index (χ2n) is 7.51. The van der Waals surface area contributed by atoms with Crippen LogP contribution in [0.15, 0.2) is 53.4 Å². The van der Waals surface area contributed by atoms with Crippen molar-refractivity contribution in [1.29, 1.82) is 0 Å². The summed E-state index contributed by atoms with van der Waals surface area (Å²) in [6, 6.07) is 12.7. The molecule has 1 fully saturated rings. The number of carbonyl (C=O) groups is 1. The van der Waals surface area contributed by atoms with Gasteiger partial charge >= 0.3 is 5.97 Å². The van der Waals surface area contributed by atoms with Crippen molar-refractivity contribution in [1.82, 2.24) is 4.31 Å². The molecule has 3 rings (SSSR count). The monoisotopic (exact) mass is 446 g/mol. The summed E-state index contributed by atoms with van der Waals surface area (Å²) in [5.41, 5.74) is 1.07. The average Bonchev–Trinajstić information content (AvgIpc) is 3.07. The van der Waals surface area contributed by atoms with E-state index < -0.39 is 20.9 Å². The molecule has 8 nitrogen and oxygen atoms in total. The minimum absolute atomic E-state index is 0.0866. The number of nitro benzene ring substituents is 1. The molecule has 2 aromatic carbocycles. The number of aryl methyl sites for hydroxylation is 1. The number of nitrogens with zero attached hydrogens (tertiary/aromatic N) is 2. The number of rotatable bonds is 8. The first-order valence-corrected chi connectivity index (χ1v) is 11.8. The third-order valence-corrected chi connectivity index (χ3v) is 7.23. The molecule has 1 aliphatic heterocycles. The summed E-state index contributed by atoms with van der Waals surface area (Å²) >= 11 is 0. The highest BCUT2D eigenvalue weighted by molar-refractivity contribution is 7.89. The molecule has 1 saturated heterocycles. The first kappa shape index (κ1) is 22.9. The van der Waals surface area contributed by atoms with Gasteiger partial charge in [-0.1, -0.05) is 37.1 Å². The lowest BCUT2D eigenvalue weighted by Crippen LogP contribution is -2.31. The average molecular weight is 447 g/mol. The molecule has 0 N–H and O–H groups in total. The molecule has 1 aliphatic rings. The molecular formula is C22H26N2O6S. The summed E-state index contributed by atoms with van der Waals surface area (Å²) in [6.45, 7) is 0.938. The molecule has 31 heavy (non-hydrogen) atoms. The smallest absolute Gasteiger partial charge is 0.306 e. The molecule has 0 aliphatic carbocycles. The molecule has 166 valence electrons.